The maximum atomic E-state index is 12.6. The zero-order valence-corrected chi connectivity index (χ0v) is 21.5. The summed E-state index contributed by atoms with van der Waals surface area (Å²) in [5, 5.41) is 11.9. The first-order chi connectivity index (χ1) is 19.2. The maximum Gasteiger partial charge on any atom is 0.227 e. The number of nitrogens with zero attached hydrogens (tertiary/aromatic N) is 4. The van der Waals surface area contributed by atoms with Crippen molar-refractivity contribution in [3.63, 3.8) is 0 Å². The van der Waals surface area contributed by atoms with E-state index in [9.17, 15) is 4.79 Å². The summed E-state index contributed by atoms with van der Waals surface area (Å²) in [5.41, 5.74) is 9.42. The minimum atomic E-state index is 0.124. The fraction of sp³-hybridized carbons (Fsp3) is 0.194. The predicted molar refractivity (Wildman–Crippen MR) is 153 cm³/mol. The van der Waals surface area contributed by atoms with Crippen molar-refractivity contribution in [1.29, 1.82) is 0 Å². The first-order valence-corrected chi connectivity index (χ1v) is 13.3. The average Bonchev–Trinajstić information content (AvgIpc) is 3.56. The molecule has 0 atom stereocenters. The van der Waals surface area contributed by atoms with Crippen LogP contribution in [0.25, 0.3) is 55.7 Å². The van der Waals surface area contributed by atoms with E-state index in [0.717, 1.165) is 81.3 Å². The largest absolute Gasteiger partial charge is 0.335 e. The van der Waals surface area contributed by atoms with Gasteiger partial charge in [0.1, 0.15) is 5.69 Å². The fourth-order valence-electron chi connectivity index (χ4n) is 5.21. The summed E-state index contributed by atoms with van der Waals surface area (Å²) in [7, 11) is 0. The molecule has 192 valence electrons. The fourth-order valence-corrected chi connectivity index (χ4v) is 5.21. The number of pyridine rings is 2. The third kappa shape index (κ3) is 4.24. The SMILES string of the molecule is CCc1cc(NC(=O)C2CCC2)cc(-c2ccc3[nH]nc(-c4nc5c(-c6ccncc6)cncc5[nH]4)c3c2)c1. The third-order valence-electron chi connectivity index (χ3n) is 7.65. The van der Waals surface area contributed by atoms with Gasteiger partial charge in [0.2, 0.25) is 5.91 Å². The second kappa shape index (κ2) is 9.47. The number of benzene rings is 2. The minimum Gasteiger partial charge on any atom is -0.335 e. The Bertz CT molecular complexity index is 1830. The van der Waals surface area contributed by atoms with E-state index >= 15 is 0 Å². The molecule has 3 N–H and O–H groups in total. The van der Waals surface area contributed by atoms with Gasteiger partial charge in [-0.25, -0.2) is 4.98 Å². The molecule has 0 radical (unpaired) electrons. The van der Waals surface area contributed by atoms with Gasteiger partial charge in [0, 0.05) is 41.1 Å². The first-order valence-electron chi connectivity index (χ1n) is 13.3. The van der Waals surface area contributed by atoms with Crippen molar-refractivity contribution in [1.82, 2.24) is 30.1 Å². The molecular weight excluding hydrogens is 486 g/mol. The van der Waals surface area contributed by atoms with E-state index < -0.39 is 0 Å². The van der Waals surface area contributed by atoms with Gasteiger partial charge in [0.05, 0.1) is 22.7 Å². The van der Waals surface area contributed by atoms with Gasteiger partial charge >= 0.3 is 0 Å². The van der Waals surface area contributed by atoms with E-state index in [2.05, 4.69) is 67.7 Å². The monoisotopic (exact) mass is 513 g/mol. The number of rotatable bonds is 6. The number of fused-ring (bicyclic) bond motifs is 2. The van der Waals surface area contributed by atoms with E-state index in [4.69, 9.17) is 4.98 Å². The van der Waals surface area contributed by atoms with Crippen molar-refractivity contribution in [2.24, 2.45) is 5.92 Å². The molecule has 4 aromatic heterocycles. The van der Waals surface area contributed by atoms with Crippen LogP contribution < -0.4 is 5.32 Å². The zero-order valence-electron chi connectivity index (χ0n) is 21.5. The molecule has 8 heteroatoms. The number of carbonyl (C=O) groups excluding carboxylic acids is 1. The maximum absolute atomic E-state index is 12.6. The number of hydrogen-bond acceptors (Lipinski definition) is 5. The highest BCUT2D eigenvalue weighted by Crippen LogP contribution is 2.34. The van der Waals surface area contributed by atoms with Gasteiger partial charge < -0.3 is 10.3 Å². The molecule has 39 heavy (non-hydrogen) atoms. The van der Waals surface area contributed by atoms with Crippen LogP contribution in [-0.4, -0.2) is 36.0 Å². The van der Waals surface area contributed by atoms with Gasteiger partial charge in [0.15, 0.2) is 5.82 Å². The van der Waals surface area contributed by atoms with E-state index in [-0.39, 0.29) is 11.8 Å². The number of amides is 1. The number of H-pyrrole nitrogens is 2. The first kappa shape index (κ1) is 23.3. The summed E-state index contributed by atoms with van der Waals surface area (Å²) in [6.07, 6.45) is 11.1. The Morgan fingerprint density at radius 3 is 2.62 bits per heavy atom. The molecule has 4 heterocycles. The number of aryl methyl sites for hydroxylation is 1. The lowest BCUT2D eigenvalue weighted by atomic mass is 9.85. The highest BCUT2D eigenvalue weighted by atomic mass is 16.1. The van der Waals surface area contributed by atoms with Crippen LogP contribution in [0.5, 0.6) is 0 Å². The quantitative estimate of drug-likeness (QED) is 0.234. The molecule has 0 aliphatic heterocycles. The molecule has 1 aliphatic carbocycles. The Kier molecular flexibility index (Phi) is 5.65. The van der Waals surface area contributed by atoms with Crippen molar-refractivity contribution in [3.05, 3.63) is 78.9 Å². The second-order valence-corrected chi connectivity index (χ2v) is 10.1. The van der Waals surface area contributed by atoms with Gasteiger partial charge in [-0.05, 0) is 77.9 Å². The molecule has 1 saturated carbocycles. The van der Waals surface area contributed by atoms with E-state index in [0.29, 0.717) is 5.82 Å². The van der Waals surface area contributed by atoms with Crippen LogP contribution in [0, 0.1) is 5.92 Å². The lowest BCUT2D eigenvalue weighted by Crippen LogP contribution is -2.28. The van der Waals surface area contributed by atoms with E-state index in [1.165, 1.54) is 5.56 Å². The van der Waals surface area contributed by atoms with Crippen LogP contribution in [0.4, 0.5) is 5.69 Å². The van der Waals surface area contributed by atoms with Crippen molar-refractivity contribution in [3.8, 4) is 33.8 Å². The number of aromatic nitrogens is 6. The Hall–Kier alpha value is -4.85. The van der Waals surface area contributed by atoms with Crippen molar-refractivity contribution in [2.75, 3.05) is 5.32 Å². The van der Waals surface area contributed by atoms with Crippen molar-refractivity contribution < 1.29 is 4.79 Å². The van der Waals surface area contributed by atoms with Crippen LogP contribution in [0.1, 0.15) is 31.7 Å². The van der Waals surface area contributed by atoms with Gasteiger partial charge in [-0.3, -0.25) is 19.9 Å². The van der Waals surface area contributed by atoms with Gasteiger partial charge in [-0.15, -0.1) is 0 Å². The van der Waals surface area contributed by atoms with Crippen LogP contribution in [0.2, 0.25) is 0 Å². The summed E-state index contributed by atoms with van der Waals surface area (Å²) < 4.78 is 0. The minimum absolute atomic E-state index is 0.124. The normalized spacial score (nSPS) is 13.6. The zero-order chi connectivity index (χ0) is 26.3. The number of nitrogens with one attached hydrogen (secondary N) is 3. The highest BCUT2D eigenvalue weighted by Gasteiger charge is 2.25. The van der Waals surface area contributed by atoms with Gasteiger partial charge in [-0.1, -0.05) is 25.5 Å². The standard InChI is InChI=1S/C31H27N7O/c1-2-18-12-22(14-23(13-18)34-31(39)20-4-3-5-20)21-6-7-26-24(15-21)29(38-37-26)30-35-27-17-33-16-25(28(27)36-30)19-8-10-32-11-9-19/h6-17,20H,2-5H2,1H3,(H,34,39)(H,35,36)(H,37,38). The summed E-state index contributed by atoms with van der Waals surface area (Å²) in [6.45, 7) is 2.13. The molecule has 0 saturated heterocycles. The molecule has 8 nitrogen and oxygen atoms in total. The molecule has 1 aliphatic rings. The Labute approximate surface area is 224 Å². The topological polar surface area (TPSA) is 112 Å². The molecule has 0 bridgehead atoms. The predicted octanol–water partition coefficient (Wildman–Crippen LogP) is 6.53. The molecule has 0 spiro atoms. The van der Waals surface area contributed by atoms with Crippen molar-refractivity contribution >= 4 is 33.5 Å². The Morgan fingerprint density at radius 2 is 1.82 bits per heavy atom. The molecule has 0 unspecified atom stereocenters. The third-order valence-corrected chi connectivity index (χ3v) is 7.65. The molecule has 6 aromatic rings. The second-order valence-electron chi connectivity index (χ2n) is 10.1. The van der Waals surface area contributed by atoms with Crippen LogP contribution in [0.3, 0.4) is 0 Å². The van der Waals surface area contributed by atoms with Crippen LogP contribution in [-0.2, 0) is 11.2 Å². The highest BCUT2D eigenvalue weighted by molar-refractivity contribution is 5.98. The Morgan fingerprint density at radius 1 is 0.949 bits per heavy atom. The Balaban J connectivity index is 1.29. The average molecular weight is 514 g/mol. The summed E-state index contributed by atoms with van der Waals surface area (Å²) in [4.78, 5) is 29.5. The number of imidazole rings is 1. The molecule has 1 amide bonds. The number of anilines is 1. The van der Waals surface area contributed by atoms with E-state index in [1.54, 1.807) is 18.6 Å². The van der Waals surface area contributed by atoms with Crippen LogP contribution in [0.15, 0.2) is 73.3 Å². The lowest BCUT2D eigenvalue weighted by Gasteiger charge is -2.24. The summed E-state index contributed by atoms with van der Waals surface area (Å²) in [6, 6.07) is 16.5. The van der Waals surface area contributed by atoms with Gasteiger partial charge in [-0.2, -0.15) is 5.10 Å². The summed E-state index contributed by atoms with van der Waals surface area (Å²) in [5.74, 6) is 0.938. The molecule has 2 aromatic carbocycles. The van der Waals surface area contributed by atoms with Gasteiger partial charge in [0.25, 0.3) is 0 Å². The molecule has 1 fully saturated rings. The number of hydrogen-bond donors (Lipinski definition) is 3. The lowest BCUT2D eigenvalue weighted by molar-refractivity contribution is -0.122. The number of carbonyl (C=O) groups is 1. The van der Waals surface area contributed by atoms with E-state index in [1.807, 2.05) is 24.4 Å². The number of aromatic amines is 2. The molecular formula is C31H27N7O. The smallest absolute Gasteiger partial charge is 0.227 e. The van der Waals surface area contributed by atoms with Crippen LogP contribution >= 0.6 is 0 Å². The summed E-state index contributed by atoms with van der Waals surface area (Å²) >= 11 is 0. The van der Waals surface area contributed by atoms with Crippen molar-refractivity contribution in [2.45, 2.75) is 32.6 Å². The molecule has 7 rings (SSSR count).